The van der Waals surface area contributed by atoms with Crippen LogP contribution in [0.5, 0.6) is 0 Å². The molecular weight excluding hydrogens is 276 g/mol. The number of hydrogen-bond acceptors (Lipinski definition) is 3. The number of carbonyl (C=O) groups excluding carboxylic acids is 1. The van der Waals surface area contributed by atoms with Gasteiger partial charge >= 0.3 is 6.09 Å². The molecule has 1 aliphatic heterocycles. The van der Waals surface area contributed by atoms with Crippen LogP contribution < -0.4 is 5.32 Å². The average Bonchev–Trinajstić information content (AvgIpc) is 2.79. The highest BCUT2D eigenvalue weighted by molar-refractivity contribution is 5.69. The first-order chi connectivity index (χ1) is 10.2. The molecule has 0 unspecified atom stereocenters. The van der Waals surface area contributed by atoms with Crippen LogP contribution in [-0.4, -0.2) is 23.1 Å². The molecule has 4 heteroatoms. The summed E-state index contributed by atoms with van der Waals surface area (Å²) in [6.07, 6.45) is -0.233. The van der Waals surface area contributed by atoms with Crippen LogP contribution in [0.3, 0.4) is 0 Å². The fourth-order valence-corrected chi connectivity index (χ4v) is 2.52. The molecule has 1 aromatic carbocycles. The standard InChI is InChI=1S/C18H28N2O2/c1-13(2)9-19-10-14-6-7-15-11-20(12-16(15)8-14)17(21)22-18(3,4)5/h6-8,13,19H,9-12H2,1-5H3. The zero-order chi connectivity index (χ0) is 16.3. The number of fused-ring (bicyclic) bond motifs is 1. The maximum atomic E-state index is 12.2. The Balaban J connectivity index is 1.95. The third-order valence-electron chi connectivity index (χ3n) is 3.53. The lowest BCUT2D eigenvalue weighted by atomic mass is 10.1. The van der Waals surface area contributed by atoms with Crippen molar-refractivity contribution in [1.29, 1.82) is 0 Å². The number of nitrogens with zero attached hydrogens (tertiary/aromatic N) is 1. The van der Waals surface area contributed by atoms with E-state index in [9.17, 15) is 4.79 Å². The number of carbonyl (C=O) groups is 1. The summed E-state index contributed by atoms with van der Waals surface area (Å²) < 4.78 is 5.45. The van der Waals surface area contributed by atoms with Crippen LogP contribution in [0.2, 0.25) is 0 Å². The molecule has 0 fully saturated rings. The van der Waals surface area contributed by atoms with E-state index >= 15 is 0 Å². The molecule has 0 saturated heterocycles. The largest absolute Gasteiger partial charge is 0.444 e. The number of ether oxygens (including phenoxy) is 1. The van der Waals surface area contributed by atoms with Crippen molar-refractivity contribution in [1.82, 2.24) is 10.2 Å². The Bertz CT molecular complexity index is 532. The zero-order valence-corrected chi connectivity index (χ0v) is 14.4. The molecular formula is C18H28N2O2. The lowest BCUT2D eigenvalue weighted by Gasteiger charge is -2.24. The summed E-state index contributed by atoms with van der Waals surface area (Å²) in [6.45, 7) is 13.3. The monoisotopic (exact) mass is 304 g/mol. The van der Waals surface area contributed by atoms with E-state index < -0.39 is 5.60 Å². The molecule has 1 amide bonds. The highest BCUT2D eigenvalue weighted by atomic mass is 16.6. The molecule has 0 spiro atoms. The Hall–Kier alpha value is -1.55. The van der Waals surface area contributed by atoms with Crippen LogP contribution in [-0.2, 0) is 24.4 Å². The van der Waals surface area contributed by atoms with Crippen molar-refractivity contribution in [2.75, 3.05) is 6.54 Å². The van der Waals surface area contributed by atoms with Gasteiger partial charge in [0.15, 0.2) is 0 Å². The minimum Gasteiger partial charge on any atom is -0.444 e. The van der Waals surface area contributed by atoms with Crippen LogP contribution in [0.4, 0.5) is 4.79 Å². The number of nitrogens with one attached hydrogen (secondary N) is 1. The minimum atomic E-state index is -0.447. The first-order valence-corrected chi connectivity index (χ1v) is 8.04. The molecule has 2 rings (SSSR count). The Kier molecular flexibility index (Phi) is 5.12. The van der Waals surface area contributed by atoms with Crippen molar-refractivity contribution < 1.29 is 9.53 Å². The van der Waals surface area contributed by atoms with Gasteiger partial charge in [0.05, 0.1) is 0 Å². The summed E-state index contributed by atoms with van der Waals surface area (Å²) in [5.74, 6) is 0.650. The van der Waals surface area contributed by atoms with Crippen LogP contribution in [0.25, 0.3) is 0 Å². The van der Waals surface area contributed by atoms with E-state index in [0.29, 0.717) is 19.0 Å². The maximum absolute atomic E-state index is 12.2. The summed E-state index contributed by atoms with van der Waals surface area (Å²) in [5, 5.41) is 3.45. The molecule has 1 aromatic rings. The summed E-state index contributed by atoms with van der Waals surface area (Å²) in [4.78, 5) is 13.9. The lowest BCUT2D eigenvalue weighted by molar-refractivity contribution is 0.0242. The maximum Gasteiger partial charge on any atom is 0.410 e. The molecule has 0 aromatic heterocycles. The molecule has 1 heterocycles. The molecule has 0 bridgehead atoms. The average molecular weight is 304 g/mol. The van der Waals surface area contributed by atoms with Gasteiger partial charge < -0.3 is 10.1 Å². The molecule has 0 radical (unpaired) electrons. The lowest BCUT2D eigenvalue weighted by Crippen LogP contribution is -2.33. The van der Waals surface area contributed by atoms with Crippen molar-refractivity contribution >= 4 is 6.09 Å². The van der Waals surface area contributed by atoms with Gasteiger partial charge in [0.2, 0.25) is 0 Å². The van der Waals surface area contributed by atoms with Crippen molar-refractivity contribution in [2.24, 2.45) is 5.92 Å². The molecule has 4 nitrogen and oxygen atoms in total. The zero-order valence-electron chi connectivity index (χ0n) is 14.4. The van der Waals surface area contributed by atoms with Crippen LogP contribution in [0, 0.1) is 5.92 Å². The quantitative estimate of drug-likeness (QED) is 0.922. The molecule has 1 aliphatic rings. The van der Waals surface area contributed by atoms with Gasteiger partial charge in [-0.3, -0.25) is 4.90 Å². The summed E-state index contributed by atoms with van der Waals surface area (Å²) in [7, 11) is 0. The molecule has 22 heavy (non-hydrogen) atoms. The fraction of sp³-hybridized carbons (Fsp3) is 0.611. The first-order valence-electron chi connectivity index (χ1n) is 8.04. The second-order valence-corrected chi connectivity index (χ2v) is 7.46. The topological polar surface area (TPSA) is 41.6 Å². The Morgan fingerprint density at radius 2 is 1.95 bits per heavy atom. The highest BCUT2D eigenvalue weighted by Gasteiger charge is 2.27. The van der Waals surface area contributed by atoms with Gasteiger partial charge in [-0.1, -0.05) is 32.0 Å². The van der Waals surface area contributed by atoms with E-state index in [2.05, 4.69) is 37.4 Å². The smallest absolute Gasteiger partial charge is 0.410 e. The third kappa shape index (κ3) is 4.73. The normalized spacial score (nSPS) is 14.4. The molecule has 1 N–H and O–H groups in total. The predicted molar refractivity (Wildman–Crippen MR) is 88.5 cm³/mol. The second-order valence-electron chi connectivity index (χ2n) is 7.46. The third-order valence-corrected chi connectivity index (χ3v) is 3.53. The number of hydrogen-bond donors (Lipinski definition) is 1. The number of benzene rings is 1. The van der Waals surface area contributed by atoms with Crippen LogP contribution >= 0.6 is 0 Å². The van der Waals surface area contributed by atoms with Gasteiger partial charge in [0.1, 0.15) is 5.60 Å². The van der Waals surface area contributed by atoms with Crippen molar-refractivity contribution in [3.8, 4) is 0 Å². The van der Waals surface area contributed by atoms with Gasteiger partial charge in [0, 0.05) is 19.6 Å². The predicted octanol–water partition coefficient (Wildman–Crippen LogP) is 3.68. The van der Waals surface area contributed by atoms with E-state index in [-0.39, 0.29) is 6.09 Å². The van der Waals surface area contributed by atoms with E-state index in [0.717, 1.165) is 13.1 Å². The van der Waals surface area contributed by atoms with Gasteiger partial charge in [-0.2, -0.15) is 0 Å². The van der Waals surface area contributed by atoms with Crippen LogP contribution in [0.1, 0.15) is 51.3 Å². The molecule has 0 aliphatic carbocycles. The summed E-state index contributed by atoms with van der Waals surface area (Å²) in [5.41, 5.74) is 3.27. The summed E-state index contributed by atoms with van der Waals surface area (Å²) >= 11 is 0. The van der Waals surface area contributed by atoms with Crippen molar-refractivity contribution in [3.63, 3.8) is 0 Å². The molecule has 122 valence electrons. The number of rotatable bonds is 4. The Morgan fingerprint density at radius 1 is 1.27 bits per heavy atom. The fourth-order valence-electron chi connectivity index (χ4n) is 2.52. The van der Waals surface area contributed by atoms with Crippen molar-refractivity contribution in [3.05, 3.63) is 34.9 Å². The van der Waals surface area contributed by atoms with Crippen LogP contribution in [0.15, 0.2) is 18.2 Å². The van der Waals surface area contributed by atoms with Gasteiger partial charge in [-0.15, -0.1) is 0 Å². The highest BCUT2D eigenvalue weighted by Crippen LogP contribution is 2.25. The van der Waals surface area contributed by atoms with E-state index in [4.69, 9.17) is 4.74 Å². The molecule has 0 saturated carbocycles. The Morgan fingerprint density at radius 3 is 2.59 bits per heavy atom. The van der Waals surface area contributed by atoms with Crippen molar-refractivity contribution in [2.45, 2.75) is 59.9 Å². The van der Waals surface area contributed by atoms with E-state index in [1.54, 1.807) is 4.90 Å². The second kappa shape index (κ2) is 6.69. The summed E-state index contributed by atoms with van der Waals surface area (Å²) in [6, 6.07) is 6.48. The first kappa shape index (κ1) is 16.8. The van der Waals surface area contributed by atoms with Gasteiger partial charge in [-0.05, 0) is 49.9 Å². The van der Waals surface area contributed by atoms with Gasteiger partial charge in [-0.25, -0.2) is 4.79 Å². The van der Waals surface area contributed by atoms with E-state index in [1.807, 2.05) is 20.8 Å². The number of amides is 1. The minimum absolute atomic E-state index is 0.233. The SMILES string of the molecule is CC(C)CNCc1ccc2c(c1)CN(C(=O)OC(C)(C)C)C2. The Labute approximate surface area is 133 Å². The molecule has 0 atom stereocenters. The van der Waals surface area contributed by atoms with Gasteiger partial charge in [0.25, 0.3) is 0 Å². The van der Waals surface area contributed by atoms with E-state index in [1.165, 1.54) is 16.7 Å².